The quantitative estimate of drug-likeness (QED) is 0.412. The van der Waals surface area contributed by atoms with E-state index < -0.39 is 11.8 Å². The fraction of sp³-hybridized carbons (Fsp3) is 0.105. The molecule has 0 spiro atoms. The summed E-state index contributed by atoms with van der Waals surface area (Å²) < 4.78 is -0.180. The zero-order valence-corrected chi connectivity index (χ0v) is 16.5. The third-order valence-corrected chi connectivity index (χ3v) is 4.56. The molecule has 2 aromatic rings. The van der Waals surface area contributed by atoms with Crippen molar-refractivity contribution in [3.05, 3.63) is 58.8 Å². The van der Waals surface area contributed by atoms with Gasteiger partial charge in [-0.15, -0.1) is 0 Å². The standard InChI is InChI=1S/C19H16Cl2N4O4/c20-12-1-3-16(26)14(7-12)23-18(28)9-25(6-5-22-11-25)10-19(29)24-15-8-13(21)2-4-17(15)27/h1-8,11H,9-10H2,(H3-,23,24,26,27,28,29)/q+1/p+1. The average molecular weight is 436 g/mol. The second kappa shape index (κ2) is 8.52. The molecule has 2 amide bonds. The molecule has 1 aliphatic heterocycles. The fourth-order valence-corrected chi connectivity index (χ4v) is 3.10. The summed E-state index contributed by atoms with van der Waals surface area (Å²) in [6, 6.07) is 8.55. The zero-order chi connectivity index (χ0) is 21.0. The van der Waals surface area contributed by atoms with Crippen LogP contribution in [-0.4, -0.2) is 45.9 Å². The molecule has 1 heterocycles. The molecule has 10 heteroatoms. The lowest BCUT2D eigenvalue weighted by Gasteiger charge is -2.22. The van der Waals surface area contributed by atoms with Gasteiger partial charge in [-0.2, -0.15) is 4.48 Å². The van der Waals surface area contributed by atoms with Gasteiger partial charge in [0.1, 0.15) is 16.5 Å². The molecular weight excluding hydrogens is 419 g/mol. The van der Waals surface area contributed by atoms with E-state index >= 15 is 0 Å². The lowest BCUT2D eigenvalue weighted by molar-refractivity contribution is -0.760. The Morgan fingerprint density at radius 2 is 1.38 bits per heavy atom. The Morgan fingerprint density at radius 1 is 0.897 bits per heavy atom. The minimum atomic E-state index is -0.459. The van der Waals surface area contributed by atoms with Crippen LogP contribution in [0.25, 0.3) is 0 Å². The number of aliphatic imine (C=N–C) groups is 1. The van der Waals surface area contributed by atoms with Crippen molar-refractivity contribution < 1.29 is 24.3 Å². The van der Waals surface area contributed by atoms with Crippen LogP contribution in [0.3, 0.4) is 0 Å². The third kappa shape index (κ3) is 5.26. The summed E-state index contributed by atoms with van der Waals surface area (Å²) >= 11 is 11.8. The Labute approximate surface area is 176 Å². The van der Waals surface area contributed by atoms with Gasteiger partial charge in [-0.3, -0.25) is 9.59 Å². The van der Waals surface area contributed by atoms with E-state index in [4.69, 9.17) is 23.2 Å². The van der Waals surface area contributed by atoms with Crippen LogP contribution < -0.4 is 15.6 Å². The van der Waals surface area contributed by atoms with Crippen molar-refractivity contribution in [2.75, 3.05) is 23.7 Å². The number of aromatic hydroxyl groups is 2. The number of hydrogen-bond acceptors (Lipinski definition) is 5. The Balaban J connectivity index is 1.69. The number of rotatable bonds is 6. The van der Waals surface area contributed by atoms with Crippen LogP contribution >= 0.6 is 23.2 Å². The molecule has 0 aromatic heterocycles. The van der Waals surface area contributed by atoms with E-state index in [0.29, 0.717) is 10.0 Å². The maximum Gasteiger partial charge on any atom is 0.404 e. The maximum atomic E-state index is 12.5. The molecule has 0 bridgehead atoms. The zero-order valence-electron chi connectivity index (χ0n) is 15.0. The number of phenolic OH excluding ortho intramolecular Hbond substituents is 2. The first kappa shape index (κ1) is 20.7. The summed E-state index contributed by atoms with van der Waals surface area (Å²) in [4.78, 5) is 29.0. The second-order valence-corrected chi connectivity index (χ2v) is 7.27. The predicted octanol–water partition coefficient (Wildman–Crippen LogP) is 2.65. The van der Waals surface area contributed by atoms with Crippen LogP contribution in [0.4, 0.5) is 11.4 Å². The molecule has 1 radical (unpaired) electrons. The van der Waals surface area contributed by atoms with Crippen molar-refractivity contribution in [1.82, 2.24) is 4.99 Å². The number of anilines is 2. The monoisotopic (exact) mass is 435 g/mol. The molecule has 0 aliphatic carbocycles. The van der Waals surface area contributed by atoms with E-state index in [2.05, 4.69) is 15.6 Å². The predicted molar refractivity (Wildman–Crippen MR) is 111 cm³/mol. The van der Waals surface area contributed by atoms with E-state index in [1.807, 2.05) is 0 Å². The van der Waals surface area contributed by atoms with E-state index in [0.717, 1.165) is 0 Å². The molecule has 2 aromatic carbocycles. The van der Waals surface area contributed by atoms with Gasteiger partial charge in [0.25, 0.3) is 11.8 Å². The first-order valence-corrected chi connectivity index (χ1v) is 9.17. The smallest absolute Gasteiger partial charge is 0.404 e. The van der Waals surface area contributed by atoms with Crippen LogP contribution in [0.15, 0.2) is 48.8 Å². The van der Waals surface area contributed by atoms with Crippen molar-refractivity contribution in [2.45, 2.75) is 0 Å². The SMILES string of the molecule is O=C(C[N+]1(CC(=O)Nc2cc(Cl)ccc2O)C=C[N+]=C1)Nc1cc(Cl)ccc1O. The highest BCUT2D eigenvalue weighted by Crippen LogP contribution is 2.28. The number of nitrogens with zero attached hydrogens (tertiary/aromatic N) is 2. The van der Waals surface area contributed by atoms with Gasteiger partial charge in [0.05, 0.1) is 11.4 Å². The number of benzene rings is 2. The highest BCUT2D eigenvalue weighted by molar-refractivity contribution is 6.31. The minimum Gasteiger partial charge on any atom is -0.506 e. The molecule has 29 heavy (non-hydrogen) atoms. The van der Waals surface area contributed by atoms with Crippen LogP contribution in [0.2, 0.25) is 10.0 Å². The van der Waals surface area contributed by atoms with E-state index in [1.54, 1.807) is 6.20 Å². The van der Waals surface area contributed by atoms with Gasteiger partial charge in [-0.05, 0) is 36.4 Å². The molecule has 8 nitrogen and oxygen atoms in total. The normalized spacial score (nSPS) is 14.0. The first-order valence-electron chi connectivity index (χ1n) is 8.42. The number of amides is 2. The van der Waals surface area contributed by atoms with E-state index in [-0.39, 0.29) is 40.4 Å². The van der Waals surface area contributed by atoms with Crippen LogP contribution in [0, 0.1) is 0 Å². The number of carbonyl (C=O) groups is 2. The molecule has 0 saturated carbocycles. The lowest BCUT2D eigenvalue weighted by atomic mass is 10.2. The molecule has 0 fully saturated rings. The largest absolute Gasteiger partial charge is 0.506 e. The molecular formula is C19H17Cl2N4O4+2. The summed E-state index contributed by atoms with van der Waals surface area (Å²) in [7, 11) is 0. The van der Waals surface area contributed by atoms with E-state index in [9.17, 15) is 19.8 Å². The Kier molecular flexibility index (Phi) is 6.07. The first-order chi connectivity index (χ1) is 13.8. The Morgan fingerprint density at radius 3 is 1.79 bits per heavy atom. The van der Waals surface area contributed by atoms with Gasteiger partial charge in [-0.25, -0.2) is 0 Å². The van der Waals surface area contributed by atoms with E-state index in [1.165, 1.54) is 48.9 Å². The number of hydrogen-bond donors (Lipinski definition) is 4. The number of halogens is 2. The van der Waals surface area contributed by atoms with Gasteiger partial charge in [0.15, 0.2) is 19.3 Å². The second-order valence-electron chi connectivity index (χ2n) is 6.40. The number of phenols is 2. The fourth-order valence-electron chi connectivity index (χ4n) is 2.75. The molecule has 4 N–H and O–H groups in total. The highest BCUT2D eigenvalue weighted by atomic mass is 35.5. The Hall–Kier alpha value is -3.07. The van der Waals surface area contributed by atoms with Gasteiger partial charge in [0.2, 0.25) is 0 Å². The van der Waals surface area contributed by atoms with Gasteiger partial charge < -0.3 is 20.8 Å². The maximum absolute atomic E-state index is 12.5. The molecule has 1 aliphatic rings. The minimum absolute atomic E-state index is 0.130. The molecule has 0 saturated heterocycles. The van der Waals surface area contributed by atoms with Crippen molar-refractivity contribution in [3.63, 3.8) is 0 Å². The van der Waals surface area contributed by atoms with Crippen molar-refractivity contribution in [3.8, 4) is 11.5 Å². The van der Waals surface area contributed by atoms with Crippen LogP contribution in [0.1, 0.15) is 0 Å². The molecule has 0 atom stereocenters. The topological polar surface area (TPSA) is 113 Å². The Bertz CT molecular complexity index is 942. The molecule has 3 rings (SSSR count). The number of nitrogens with one attached hydrogen (secondary N) is 2. The lowest BCUT2D eigenvalue weighted by Crippen LogP contribution is -2.50. The van der Waals surface area contributed by atoms with Gasteiger partial charge in [-0.1, -0.05) is 23.2 Å². The van der Waals surface area contributed by atoms with Gasteiger partial charge in [0, 0.05) is 10.0 Å². The average Bonchev–Trinajstić information content (AvgIpc) is 3.08. The van der Waals surface area contributed by atoms with Crippen LogP contribution in [-0.2, 0) is 9.59 Å². The molecule has 0 unspecified atom stereocenters. The summed E-state index contributed by atoms with van der Waals surface area (Å²) in [5, 5.41) is 25.5. The summed E-state index contributed by atoms with van der Waals surface area (Å²) in [5.74, 6) is -1.18. The molecule has 149 valence electrons. The van der Waals surface area contributed by atoms with Crippen molar-refractivity contribution in [1.29, 1.82) is 0 Å². The van der Waals surface area contributed by atoms with Gasteiger partial charge >= 0.3 is 12.5 Å². The third-order valence-electron chi connectivity index (χ3n) is 4.09. The highest BCUT2D eigenvalue weighted by Gasteiger charge is 2.38. The number of quaternary nitrogens is 1. The van der Waals surface area contributed by atoms with Crippen molar-refractivity contribution >= 4 is 52.7 Å². The van der Waals surface area contributed by atoms with Crippen molar-refractivity contribution in [2.24, 2.45) is 0 Å². The number of carbonyl (C=O) groups excluding carboxylic acids is 2. The summed E-state index contributed by atoms with van der Waals surface area (Å²) in [6.07, 6.45) is 4.53. The summed E-state index contributed by atoms with van der Waals surface area (Å²) in [6.45, 7) is -0.304. The van der Waals surface area contributed by atoms with Crippen LogP contribution in [0.5, 0.6) is 11.5 Å². The summed E-state index contributed by atoms with van der Waals surface area (Å²) in [5.41, 5.74) is 0.322.